The van der Waals surface area contributed by atoms with E-state index in [1.165, 1.54) is 13.2 Å². The minimum Gasteiger partial charge on any atom is -0.506 e. The number of ether oxygens (including phenoxy) is 3. The standard InChI is InChI=1S/C29H40O9/c1-3-4-5-6-11-20(31)24-19(16-9-7-8-10-16)13-17-12-18(36-2)14-21(23(17)26(24)33)37-29-28(35)27(34)25(32)22(15-30)38-29/h12-14,16,22,25,27-30,32-35H,3-11,15H2,1-2H3/t22-,25-,27+,28-,29+/m1/s1. The number of carbonyl (C=O) groups is 1. The fraction of sp³-hybridized carbons (Fsp3) is 0.621. The van der Waals surface area contributed by atoms with Gasteiger partial charge in [-0.15, -0.1) is 0 Å². The highest BCUT2D eigenvalue weighted by atomic mass is 16.7. The van der Waals surface area contributed by atoms with E-state index >= 15 is 0 Å². The number of rotatable bonds is 11. The van der Waals surface area contributed by atoms with E-state index in [1.807, 2.05) is 6.07 Å². The number of hydrogen-bond donors (Lipinski definition) is 5. The molecule has 2 aromatic carbocycles. The van der Waals surface area contributed by atoms with Gasteiger partial charge in [-0.25, -0.2) is 0 Å². The van der Waals surface area contributed by atoms with Crippen molar-refractivity contribution < 1.29 is 44.5 Å². The monoisotopic (exact) mass is 532 g/mol. The summed E-state index contributed by atoms with van der Waals surface area (Å²) < 4.78 is 17.0. The van der Waals surface area contributed by atoms with Crippen LogP contribution < -0.4 is 9.47 Å². The summed E-state index contributed by atoms with van der Waals surface area (Å²) in [5, 5.41) is 52.9. The van der Waals surface area contributed by atoms with Crippen LogP contribution >= 0.6 is 0 Å². The van der Waals surface area contributed by atoms with E-state index in [0.717, 1.165) is 56.9 Å². The molecule has 210 valence electrons. The molecular formula is C29H40O9. The molecule has 1 saturated carbocycles. The van der Waals surface area contributed by atoms with Gasteiger partial charge in [0, 0.05) is 12.5 Å². The van der Waals surface area contributed by atoms with Gasteiger partial charge >= 0.3 is 0 Å². The summed E-state index contributed by atoms with van der Waals surface area (Å²) in [4.78, 5) is 13.5. The van der Waals surface area contributed by atoms with E-state index in [4.69, 9.17) is 14.2 Å². The Morgan fingerprint density at radius 2 is 1.76 bits per heavy atom. The molecule has 2 aliphatic rings. The van der Waals surface area contributed by atoms with Crippen molar-refractivity contribution in [1.82, 2.24) is 0 Å². The summed E-state index contributed by atoms with van der Waals surface area (Å²) in [5.41, 5.74) is 1.14. The molecule has 4 rings (SSSR count). The second kappa shape index (κ2) is 12.6. The molecule has 5 N–H and O–H groups in total. The van der Waals surface area contributed by atoms with Gasteiger partial charge in [-0.3, -0.25) is 4.79 Å². The van der Waals surface area contributed by atoms with Gasteiger partial charge in [0.1, 0.15) is 41.7 Å². The number of phenols is 1. The van der Waals surface area contributed by atoms with Gasteiger partial charge in [-0.05, 0) is 48.3 Å². The van der Waals surface area contributed by atoms with Gasteiger partial charge in [0.2, 0.25) is 6.29 Å². The predicted octanol–water partition coefficient (Wildman–Crippen LogP) is 3.54. The first-order valence-corrected chi connectivity index (χ1v) is 13.7. The van der Waals surface area contributed by atoms with E-state index < -0.39 is 37.3 Å². The SMILES string of the molecule is CCCCCCC(=O)c1c(C2CCCC2)cc2cc(OC)cc(O[C@H]3O[C@H](CO)[C@@H](O)[C@H](O)[C@H]3O)c2c1O. The minimum atomic E-state index is -1.63. The molecule has 2 aromatic rings. The molecule has 9 heteroatoms. The molecule has 0 aromatic heterocycles. The first-order valence-electron chi connectivity index (χ1n) is 13.7. The molecule has 5 atom stereocenters. The molecular weight excluding hydrogens is 492 g/mol. The number of methoxy groups -OCH3 is 1. The second-order valence-corrected chi connectivity index (χ2v) is 10.4. The molecule has 1 aliphatic heterocycles. The summed E-state index contributed by atoms with van der Waals surface area (Å²) in [6.07, 6.45) is 0.747. The third kappa shape index (κ3) is 5.77. The molecule has 38 heavy (non-hydrogen) atoms. The Morgan fingerprint density at radius 1 is 1.03 bits per heavy atom. The zero-order chi connectivity index (χ0) is 27.4. The van der Waals surface area contributed by atoms with E-state index in [2.05, 4.69) is 6.92 Å². The molecule has 0 radical (unpaired) electrons. The molecule has 0 amide bonds. The third-order valence-electron chi connectivity index (χ3n) is 7.84. The number of aromatic hydroxyl groups is 1. The largest absolute Gasteiger partial charge is 0.506 e. The van der Waals surface area contributed by atoms with Crippen LogP contribution in [0.1, 0.15) is 86.6 Å². The Balaban J connectivity index is 1.80. The van der Waals surface area contributed by atoms with Gasteiger partial charge in [0.15, 0.2) is 5.78 Å². The number of aliphatic hydroxyl groups is 4. The summed E-state index contributed by atoms with van der Waals surface area (Å²) in [5.74, 6) is 0.372. The van der Waals surface area contributed by atoms with Crippen LogP contribution in [0.2, 0.25) is 0 Å². The van der Waals surface area contributed by atoms with Crippen molar-refractivity contribution in [1.29, 1.82) is 0 Å². The maximum absolute atomic E-state index is 13.5. The molecule has 0 spiro atoms. The lowest BCUT2D eigenvalue weighted by atomic mass is 9.86. The van der Waals surface area contributed by atoms with Crippen LogP contribution in [-0.2, 0) is 4.74 Å². The molecule has 1 aliphatic carbocycles. The molecule has 1 heterocycles. The number of hydrogen-bond acceptors (Lipinski definition) is 9. The molecule has 0 bridgehead atoms. The Bertz CT molecular complexity index is 1110. The number of Topliss-reactive ketones (excluding diaryl/α,β-unsaturated/α-hetero) is 1. The third-order valence-corrected chi connectivity index (χ3v) is 7.84. The number of aliphatic hydroxyl groups excluding tert-OH is 4. The topological polar surface area (TPSA) is 146 Å². The number of carbonyl (C=O) groups excluding carboxylic acids is 1. The Morgan fingerprint density at radius 3 is 2.42 bits per heavy atom. The van der Waals surface area contributed by atoms with Crippen molar-refractivity contribution in [2.75, 3.05) is 13.7 Å². The fourth-order valence-electron chi connectivity index (χ4n) is 5.67. The van der Waals surface area contributed by atoms with Crippen LogP contribution in [0.15, 0.2) is 18.2 Å². The molecule has 9 nitrogen and oxygen atoms in total. The van der Waals surface area contributed by atoms with Gasteiger partial charge in [0.25, 0.3) is 0 Å². The summed E-state index contributed by atoms with van der Waals surface area (Å²) in [6, 6.07) is 5.18. The van der Waals surface area contributed by atoms with E-state index in [-0.39, 0.29) is 28.6 Å². The first-order chi connectivity index (χ1) is 18.3. The highest BCUT2D eigenvalue weighted by Crippen LogP contribution is 2.46. The Kier molecular flexibility index (Phi) is 9.49. The van der Waals surface area contributed by atoms with Gasteiger partial charge < -0.3 is 39.7 Å². The molecule has 2 fully saturated rings. The Labute approximate surface area is 223 Å². The van der Waals surface area contributed by atoms with Crippen LogP contribution in [-0.4, -0.2) is 75.7 Å². The minimum absolute atomic E-state index is 0.0826. The van der Waals surface area contributed by atoms with Crippen molar-refractivity contribution in [2.45, 2.75) is 101 Å². The lowest BCUT2D eigenvalue weighted by Crippen LogP contribution is -2.60. The highest BCUT2D eigenvalue weighted by molar-refractivity contribution is 6.08. The van der Waals surface area contributed by atoms with Gasteiger partial charge in [0.05, 0.1) is 24.7 Å². The van der Waals surface area contributed by atoms with Crippen LogP contribution in [0.4, 0.5) is 0 Å². The summed E-state index contributed by atoms with van der Waals surface area (Å²) in [6.45, 7) is 1.51. The lowest BCUT2D eigenvalue weighted by molar-refractivity contribution is -0.277. The maximum atomic E-state index is 13.5. The molecule has 1 saturated heterocycles. The predicted molar refractivity (Wildman–Crippen MR) is 141 cm³/mol. The smallest absolute Gasteiger partial charge is 0.229 e. The van der Waals surface area contributed by atoms with Crippen LogP contribution in [0.3, 0.4) is 0 Å². The van der Waals surface area contributed by atoms with Crippen molar-refractivity contribution in [3.63, 3.8) is 0 Å². The van der Waals surface area contributed by atoms with Crippen molar-refractivity contribution >= 4 is 16.6 Å². The average Bonchev–Trinajstić information content (AvgIpc) is 3.45. The molecule has 0 unspecified atom stereocenters. The lowest BCUT2D eigenvalue weighted by Gasteiger charge is -2.39. The second-order valence-electron chi connectivity index (χ2n) is 10.4. The number of ketones is 1. The van der Waals surface area contributed by atoms with Crippen LogP contribution in [0.5, 0.6) is 17.2 Å². The zero-order valence-electron chi connectivity index (χ0n) is 22.1. The average molecular weight is 533 g/mol. The van der Waals surface area contributed by atoms with Crippen molar-refractivity contribution in [2.24, 2.45) is 0 Å². The Hall–Kier alpha value is -2.43. The quantitative estimate of drug-likeness (QED) is 0.217. The van der Waals surface area contributed by atoms with Gasteiger partial charge in [-0.1, -0.05) is 39.0 Å². The van der Waals surface area contributed by atoms with Crippen LogP contribution in [0.25, 0.3) is 10.8 Å². The zero-order valence-corrected chi connectivity index (χ0v) is 22.1. The van der Waals surface area contributed by atoms with Crippen molar-refractivity contribution in [3.05, 3.63) is 29.3 Å². The number of unbranched alkanes of at least 4 members (excludes halogenated alkanes) is 3. The highest BCUT2D eigenvalue weighted by Gasteiger charge is 2.45. The van der Waals surface area contributed by atoms with E-state index in [1.54, 1.807) is 6.07 Å². The van der Waals surface area contributed by atoms with Gasteiger partial charge in [-0.2, -0.15) is 0 Å². The fourth-order valence-corrected chi connectivity index (χ4v) is 5.67. The maximum Gasteiger partial charge on any atom is 0.229 e. The van der Waals surface area contributed by atoms with Crippen molar-refractivity contribution in [3.8, 4) is 17.2 Å². The number of fused-ring (bicyclic) bond motifs is 1. The normalized spacial score (nSPS) is 26.1. The van der Waals surface area contributed by atoms with E-state index in [9.17, 15) is 30.3 Å². The van der Waals surface area contributed by atoms with Crippen LogP contribution in [0, 0.1) is 0 Å². The first kappa shape index (κ1) is 28.6. The summed E-state index contributed by atoms with van der Waals surface area (Å²) >= 11 is 0. The van der Waals surface area contributed by atoms with E-state index in [0.29, 0.717) is 23.1 Å². The number of benzene rings is 2. The number of phenolic OH excluding ortho intramolecular Hbond substituents is 1. The summed E-state index contributed by atoms with van der Waals surface area (Å²) in [7, 11) is 1.49.